The third-order valence-electron chi connectivity index (χ3n) is 2.08. The molecule has 74 valence electrons. The number of hydrogen-bond donors (Lipinski definition) is 0. The highest BCUT2D eigenvalue weighted by Gasteiger charge is 2.18. The lowest BCUT2D eigenvalue weighted by atomic mass is 10.0. The van der Waals surface area contributed by atoms with E-state index in [0.717, 1.165) is 20.1 Å². The topological polar surface area (TPSA) is 0 Å². The van der Waals surface area contributed by atoms with Crippen LogP contribution in [0.15, 0.2) is 10.5 Å². The Morgan fingerprint density at radius 3 is 2.62 bits per heavy atom. The zero-order chi connectivity index (χ0) is 10.0. The van der Waals surface area contributed by atoms with Gasteiger partial charge >= 0.3 is 0 Å². The second-order valence-electron chi connectivity index (χ2n) is 3.06. The van der Waals surface area contributed by atoms with Gasteiger partial charge in [0.15, 0.2) is 0 Å². The summed E-state index contributed by atoms with van der Waals surface area (Å²) in [5.41, 5.74) is 0. The summed E-state index contributed by atoms with van der Waals surface area (Å²) in [4.78, 5) is 1.15. The van der Waals surface area contributed by atoms with Crippen LogP contribution < -0.4 is 0 Å². The molecule has 1 aromatic heterocycles. The zero-order valence-electron chi connectivity index (χ0n) is 7.48. The van der Waals surface area contributed by atoms with E-state index in [2.05, 4.69) is 29.8 Å². The summed E-state index contributed by atoms with van der Waals surface area (Å²) in [7, 11) is 0. The maximum atomic E-state index is 6.27. The molecular weight excluding hydrogens is 291 g/mol. The van der Waals surface area contributed by atoms with Crippen LogP contribution in [0.4, 0.5) is 0 Å². The SMILES string of the molecule is CCC(C)C(Cl)c1cc(Br)c(Cl)s1. The predicted molar refractivity (Wildman–Crippen MR) is 65.1 cm³/mol. The molecule has 0 aliphatic carbocycles. The van der Waals surface area contributed by atoms with Gasteiger partial charge in [0.25, 0.3) is 0 Å². The molecule has 0 fully saturated rings. The van der Waals surface area contributed by atoms with Crippen molar-refractivity contribution in [3.63, 3.8) is 0 Å². The van der Waals surface area contributed by atoms with Crippen molar-refractivity contribution in [3.8, 4) is 0 Å². The van der Waals surface area contributed by atoms with Gasteiger partial charge in [-0.15, -0.1) is 22.9 Å². The maximum Gasteiger partial charge on any atom is 0.107 e. The second-order valence-corrected chi connectivity index (χ2v) is 6.07. The van der Waals surface area contributed by atoms with Crippen LogP contribution in [-0.2, 0) is 0 Å². The molecule has 13 heavy (non-hydrogen) atoms. The van der Waals surface area contributed by atoms with Crippen molar-refractivity contribution in [3.05, 3.63) is 19.8 Å². The van der Waals surface area contributed by atoms with Gasteiger partial charge in [-0.05, 0) is 27.9 Å². The number of alkyl halides is 1. The highest BCUT2D eigenvalue weighted by atomic mass is 79.9. The molecule has 0 aromatic carbocycles. The molecule has 0 bridgehead atoms. The first-order valence-electron chi connectivity index (χ1n) is 4.15. The van der Waals surface area contributed by atoms with Crippen molar-refractivity contribution in [2.24, 2.45) is 5.92 Å². The molecule has 0 saturated carbocycles. The highest BCUT2D eigenvalue weighted by Crippen LogP contribution is 2.40. The molecule has 0 nitrogen and oxygen atoms in total. The minimum Gasteiger partial charge on any atom is -0.126 e. The van der Waals surface area contributed by atoms with Crippen LogP contribution in [0.3, 0.4) is 0 Å². The van der Waals surface area contributed by atoms with Crippen LogP contribution in [0.25, 0.3) is 0 Å². The van der Waals surface area contributed by atoms with Gasteiger partial charge in [-0.25, -0.2) is 0 Å². The van der Waals surface area contributed by atoms with Gasteiger partial charge in [-0.1, -0.05) is 31.9 Å². The Morgan fingerprint density at radius 1 is 1.62 bits per heavy atom. The van der Waals surface area contributed by atoms with Gasteiger partial charge in [0, 0.05) is 9.35 Å². The molecule has 4 heteroatoms. The van der Waals surface area contributed by atoms with Gasteiger partial charge in [0.2, 0.25) is 0 Å². The van der Waals surface area contributed by atoms with E-state index in [4.69, 9.17) is 23.2 Å². The number of halogens is 3. The Balaban J connectivity index is 2.82. The first-order valence-corrected chi connectivity index (χ1v) is 6.57. The van der Waals surface area contributed by atoms with Gasteiger partial charge in [-0.3, -0.25) is 0 Å². The molecule has 0 aliphatic rings. The lowest BCUT2D eigenvalue weighted by Crippen LogP contribution is -1.99. The quantitative estimate of drug-likeness (QED) is 0.648. The number of hydrogen-bond acceptors (Lipinski definition) is 1. The van der Waals surface area contributed by atoms with E-state index in [1.165, 1.54) is 0 Å². The molecule has 0 spiro atoms. The summed E-state index contributed by atoms with van der Waals surface area (Å²) >= 11 is 17.1. The fourth-order valence-electron chi connectivity index (χ4n) is 0.987. The van der Waals surface area contributed by atoms with Crippen LogP contribution in [-0.4, -0.2) is 0 Å². The van der Waals surface area contributed by atoms with Crippen molar-refractivity contribution in [2.45, 2.75) is 25.6 Å². The summed E-state index contributed by atoms with van der Waals surface area (Å²) in [6, 6.07) is 2.01. The normalized spacial score (nSPS) is 15.8. The average Bonchev–Trinajstić information content (AvgIpc) is 2.44. The molecule has 1 heterocycles. The van der Waals surface area contributed by atoms with Crippen molar-refractivity contribution in [2.75, 3.05) is 0 Å². The Bertz CT molecular complexity index is 266. The van der Waals surface area contributed by atoms with E-state index in [1.54, 1.807) is 11.3 Å². The summed E-state index contributed by atoms with van der Waals surface area (Å²) in [6.45, 7) is 4.30. The molecule has 2 unspecified atom stereocenters. The lowest BCUT2D eigenvalue weighted by Gasteiger charge is -2.13. The number of thiophene rings is 1. The molecule has 0 radical (unpaired) electrons. The summed E-state index contributed by atoms with van der Waals surface area (Å²) < 4.78 is 1.73. The van der Waals surface area contributed by atoms with E-state index in [1.807, 2.05) is 6.07 Å². The van der Waals surface area contributed by atoms with Crippen LogP contribution in [0.5, 0.6) is 0 Å². The van der Waals surface area contributed by atoms with Gasteiger partial charge in [0.05, 0.1) is 5.38 Å². The summed E-state index contributed by atoms with van der Waals surface area (Å²) in [5.74, 6) is 0.489. The van der Waals surface area contributed by atoms with Crippen molar-refractivity contribution < 1.29 is 0 Å². The summed E-state index contributed by atoms with van der Waals surface area (Å²) in [5, 5.41) is 0.0822. The van der Waals surface area contributed by atoms with E-state index < -0.39 is 0 Å². The Morgan fingerprint density at radius 2 is 2.23 bits per heavy atom. The standard InChI is InChI=1S/C9H11BrCl2S/c1-3-5(2)8(11)7-4-6(10)9(12)13-7/h4-5,8H,3H2,1-2H3. The predicted octanol–water partition coefficient (Wildman–Crippen LogP) is 5.49. The smallest absolute Gasteiger partial charge is 0.107 e. The third-order valence-corrected chi connectivity index (χ3v) is 5.43. The van der Waals surface area contributed by atoms with E-state index >= 15 is 0 Å². The van der Waals surface area contributed by atoms with E-state index in [0.29, 0.717) is 5.92 Å². The number of rotatable bonds is 3. The molecule has 1 rings (SSSR count). The molecule has 0 N–H and O–H groups in total. The molecule has 2 atom stereocenters. The van der Waals surface area contributed by atoms with E-state index in [-0.39, 0.29) is 5.38 Å². The first-order chi connectivity index (χ1) is 6.06. The molecule has 0 aliphatic heterocycles. The van der Waals surface area contributed by atoms with Crippen LogP contribution in [0, 0.1) is 5.92 Å². The molecule has 0 amide bonds. The Kier molecular flexibility index (Phi) is 4.56. The highest BCUT2D eigenvalue weighted by molar-refractivity contribution is 9.10. The minimum absolute atomic E-state index is 0.0822. The van der Waals surface area contributed by atoms with Gasteiger partial charge < -0.3 is 0 Å². The van der Waals surface area contributed by atoms with Crippen LogP contribution in [0.1, 0.15) is 30.5 Å². The van der Waals surface area contributed by atoms with Gasteiger partial charge in [-0.2, -0.15) is 0 Å². The minimum atomic E-state index is 0.0822. The van der Waals surface area contributed by atoms with Crippen LogP contribution >= 0.6 is 50.5 Å². The lowest BCUT2D eigenvalue weighted by molar-refractivity contribution is 0.547. The first kappa shape index (κ1) is 11.8. The Hall–Kier alpha value is 0.760. The van der Waals surface area contributed by atoms with Gasteiger partial charge in [0.1, 0.15) is 4.34 Å². The largest absolute Gasteiger partial charge is 0.126 e. The monoisotopic (exact) mass is 300 g/mol. The maximum absolute atomic E-state index is 6.27. The zero-order valence-corrected chi connectivity index (χ0v) is 11.4. The second kappa shape index (κ2) is 5.01. The summed E-state index contributed by atoms with van der Waals surface area (Å²) in [6.07, 6.45) is 1.08. The Labute approximate surface area is 101 Å². The third kappa shape index (κ3) is 2.85. The fraction of sp³-hybridized carbons (Fsp3) is 0.556. The van der Waals surface area contributed by atoms with Crippen molar-refractivity contribution in [1.29, 1.82) is 0 Å². The fourth-order valence-corrected chi connectivity index (χ4v) is 3.21. The molecular formula is C9H11BrCl2S. The molecule has 0 saturated heterocycles. The molecule has 1 aromatic rings. The van der Waals surface area contributed by atoms with Crippen LogP contribution in [0.2, 0.25) is 4.34 Å². The van der Waals surface area contributed by atoms with E-state index in [9.17, 15) is 0 Å². The van der Waals surface area contributed by atoms with Crippen molar-refractivity contribution >= 4 is 50.5 Å². The average molecular weight is 302 g/mol. The van der Waals surface area contributed by atoms with Crippen molar-refractivity contribution in [1.82, 2.24) is 0 Å².